The average molecular weight is 408 g/mol. The lowest BCUT2D eigenvalue weighted by Gasteiger charge is -2.04. The number of halogens is 2. The average Bonchev–Trinajstić information content (AvgIpc) is 3.09. The van der Waals surface area contributed by atoms with Gasteiger partial charge in [0.1, 0.15) is 17.3 Å². The number of furan rings is 1. The molecule has 5 nitrogen and oxygen atoms in total. The third kappa shape index (κ3) is 4.96. The van der Waals surface area contributed by atoms with Crippen molar-refractivity contribution in [1.29, 1.82) is 0 Å². The predicted molar refractivity (Wildman–Crippen MR) is 98.6 cm³/mol. The minimum atomic E-state index is -3.62. The summed E-state index contributed by atoms with van der Waals surface area (Å²) in [6.45, 7) is 0.193. The van der Waals surface area contributed by atoms with Crippen LogP contribution in [0.3, 0.4) is 0 Å². The molecule has 3 rings (SSSR count). The van der Waals surface area contributed by atoms with E-state index in [2.05, 4.69) is 5.32 Å². The Bertz CT molecular complexity index is 1040. The number of nitrogens with one attached hydrogen (secondary N) is 1. The van der Waals surface area contributed by atoms with E-state index in [1.807, 2.05) is 0 Å². The molecule has 8 heteroatoms. The van der Waals surface area contributed by atoms with Crippen molar-refractivity contribution in [3.8, 4) is 0 Å². The van der Waals surface area contributed by atoms with Crippen LogP contribution in [0.2, 0.25) is 5.02 Å². The number of carbonyl (C=O) groups is 1. The first-order chi connectivity index (χ1) is 12.8. The SMILES string of the molecule is O=C(NCc1ccc(F)cc1)c1ccc(CS(=O)(=O)c2ccc(Cl)cc2)o1. The van der Waals surface area contributed by atoms with Crippen molar-refractivity contribution in [1.82, 2.24) is 5.32 Å². The lowest BCUT2D eigenvalue weighted by atomic mass is 10.2. The van der Waals surface area contributed by atoms with Crippen molar-refractivity contribution in [2.45, 2.75) is 17.2 Å². The van der Waals surface area contributed by atoms with Crippen LogP contribution in [-0.4, -0.2) is 14.3 Å². The lowest BCUT2D eigenvalue weighted by molar-refractivity contribution is 0.0921. The molecule has 0 saturated carbocycles. The number of sulfone groups is 1. The van der Waals surface area contributed by atoms with Gasteiger partial charge in [-0.2, -0.15) is 0 Å². The van der Waals surface area contributed by atoms with Gasteiger partial charge in [-0.15, -0.1) is 0 Å². The summed E-state index contributed by atoms with van der Waals surface area (Å²) in [5, 5.41) is 3.07. The Morgan fingerprint density at radius 3 is 2.33 bits per heavy atom. The van der Waals surface area contributed by atoms with Crippen LogP contribution in [0.5, 0.6) is 0 Å². The standard InChI is InChI=1S/C19H15ClFNO4S/c20-14-3-8-17(9-4-14)27(24,25)12-16-7-10-18(26-16)19(23)22-11-13-1-5-15(21)6-2-13/h1-10H,11-12H2,(H,22,23). The van der Waals surface area contributed by atoms with E-state index >= 15 is 0 Å². The Labute approximate surface area is 160 Å². The smallest absolute Gasteiger partial charge is 0.287 e. The monoisotopic (exact) mass is 407 g/mol. The summed E-state index contributed by atoms with van der Waals surface area (Å²) in [5.41, 5.74) is 0.724. The molecule has 0 aliphatic rings. The second-order valence-corrected chi connectivity index (χ2v) is 8.21. The highest BCUT2D eigenvalue weighted by Gasteiger charge is 2.19. The van der Waals surface area contributed by atoms with Crippen LogP contribution in [-0.2, 0) is 22.1 Å². The first kappa shape index (κ1) is 19.1. The van der Waals surface area contributed by atoms with Gasteiger partial charge in [0.2, 0.25) is 0 Å². The van der Waals surface area contributed by atoms with Crippen LogP contribution < -0.4 is 5.32 Å². The largest absolute Gasteiger partial charge is 0.455 e. The minimum Gasteiger partial charge on any atom is -0.455 e. The molecule has 1 aromatic heterocycles. The third-order valence-electron chi connectivity index (χ3n) is 3.76. The summed E-state index contributed by atoms with van der Waals surface area (Å²) in [6.07, 6.45) is 0. The van der Waals surface area contributed by atoms with E-state index in [4.69, 9.17) is 16.0 Å². The molecule has 0 atom stereocenters. The lowest BCUT2D eigenvalue weighted by Crippen LogP contribution is -2.22. The van der Waals surface area contributed by atoms with E-state index in [1.54, 1.807) is 12.1 Å². The Morgan fingerprint density at radius 1 is 1.00 bits per heavy atom. The van der Waals surface area contributed by atoms with Crippen molar-refractivity contribution in [2.75, 3.05) is 0 Å². The Hall–Kier alpha value is -2.64. The molecule has 0 spiro atoms. The fraction of sp³-hybridized carbons (Fsp3) is 0.105. The molecule has 0 saturated heterocycles. The third-order valence-corrected chi connectivity index (χ3v) is 5.66. The van der Waals surface area contributed by atoms with Gasteiger partial charge in [-0.3, -0.25) is 4.79 Å². The summed E-state index contributed by atoms with van der Waals surface area (Å²) in [4.78, 5) is 12.2. The molecular weight excluding hydrogens is 393 g/mol. The molecule has 2 aromatic carbocycles. The number of benzene rings is 2. The van der Waals surface area contributed by atoms with Gasteiger partial charge in [0.05, 0.1) is 4.90 Å². The fourth-order valence-electron chi connectivity index (χ4n) is 2.36. The highest BCUT2D eigenvalue weighted by Crippen LogP contribution is 2.20. The van der Waals surface area contributed by atoms with E-state index in [1.165, 1.54) is 48.5 Å². The first-order valence-electron chi connectivity index (χ1n) is 7.93. The van der Waals surface area contributed by atoms with E-state index < -0.39 is 15.7 Å². The van der Waals surface area contributed by atoms with Crippen LogP contribution in [0, 0.1) is 5.82 Å². The molecule has 0 aliphatic heterocycles. The molecule has 1 amide bonds. The molecule has 0 radical (unpaired) electrons. The van der Waals surface area contributed by atoms with Crippen molar-refractivity contribution in [2.24, 2.45) is 0 Å². The minimum absolute atomic E-state index is 0.00146. The topological polar surface area (TPSA) is 76.4 Å². The summed E-state index contributed by atoms with van der Waals surface area (Å²) in [6, 6.07) is 14.4. The van der Waals surface area contributed by atoms with Gasteiger partial charge in [-0.1, -0.05) is 23.7 Å². The molecule has 0 aliphatic carbocycles. The van der Waals surface area contributed by atoms with Gasteiger partial charge < -0.3 is 9.73 Å². The van der Waals surface area contributed by atoms with Crippen LogP contribution in [0.15, 0.2) is 70.0 Å². The van der Waals surface area contributed by atoms with Crippen LogP contribution in [0.4, 0.5) is 4.39 Å². The first-order valence-corrected chi connectivity index (χ1v) is 9.96. The Kier molecular flexibility index (Phi) is 5.62. The molecule has 0 fully saturated rings. The molecule has 0 bridgehead atoms. The molecule has 0 unspecified atom stereocenters. The Balaban J connectivity index is 1.64. The van der Waals surface area contributed by atoms with Crippen LogP contribution >= 0.6 is 11.6 Å². The second kappa shape index (κ2) is 7.94. The second-order valence-electron chi connectivity index (χ2n) is 5.79. The molecule has 140 valence electrons. The van der Waals surface area contributed by atoms with Gasteiger partial charge in [-0.25, -0.2) is 12.8 Å². The summed E-state index contributed by atoms with van der Waals surface area (Å²) in [7, 11) is -3.62. The number of carbonyl (C=O) groups excluding carboxylic acids is 1. The molecule has 1 N–H and O–H groups in total. The molecule has 1 heterocycles. The highest BCUT2D eigenvalue weighted by atomic mass is 35.5. The van der Waals surface area contributed by atoms with Gasteiger partial charge in [0.15, 0.2) is 15.6 Å². The fourth-order valence-corrected chi connectivity index (χ4v) is 3.73. The number of hydrogen-bond acceptors (Lipinski definition) is 4. The highest BCUT2D eigenvalue weighted by molar-refractivity contribution is 7.90. The van der Waals surface area contributed by atoms with Gasteiger partial charge in [0.25, 0.3) is 5.91 Å². The maximum atomic E-state index is 12.9. The van der Waals surface area contributed by atoms with E-state index in [0.717, 1.165) is 5.56 Å². The van der Waals surface area contributed by atoms with Crippen molar-refractivity contribution in [3.63, 3.8) is 0 Å². The maximum Gasteiger partial charge on any atom is 0.287 e. The molecule has 3 aromatic rings. The normalized spacial score (nSPS) is 11.3. The van der Waals surface area contributed by atoms with Gasteiger partial charge in [0, 0.05) is 11.6 Å². The maximum absolute atomic E-state index is 12.9. The van der Waals surface area contributed by atoms with Gasteiger partial charge >= 0.3 is 0 Å². The van der Waals surface area contributed by atoms with Gasteiger partial charge in [-0.05, 0) is 54.1 Å². The number of amides is 1. The number of rotatable bonds is 6. The van der Waals surface area contributed by atoms with E-state index in [9.17, 15) is 17.6 Å². The van der Waals surface area contributed by atoms with Crippen molar-refractivity contribution >= 4 is 27.3 Å². The Morgan fingerprint density at radius 2 is 1.67 bits per heavy atom. The zero-order chi connectivity index (χ0) is 19.4. The van der Waals surface area contributed by atoms with E-state index in [-0.39, 0.29) is 34.5 Å². The number of hydrogen-bond donors (Lipinski definition) is 1. The quantitative estimate of drug-likeness (QED) is 0.670. The predicted octanol–water partition coefficient (Wildman–Crippen LogP) is 3.98. The van der Waals surface area contributed by atoms with Crippen molar-refractivity contribution in [3.05, 3.63) is 88.6 Å². The van der Waals surface area contributed by atoms with E-state index in [0.29, 0.717) is 5.02 Å². The van der Waals surface area contributed by atoms with Crippen LogP contribution in [0.1, 0.15) is 21.9 Å². The summed E-state index contributed by atoms with van der Waals surface area (Å²) >= 11 is 5.77. The molecular formula is C19H15ClFNO4S. The summed E-state index contributed by atoms with van der Waals surface area (Å²) < 4.78 is 43.0. The zero-order valence-electron chi connectivity index (χ0n) is 14.0. The molecule has 27 heavy (non-hydrogen) atoms. The summed E-state index contributed by atoms with van der Waals surface area (Å²) in [5.74, 6) is -1.08. The van der Waals surface area contributed by atoms with Crippen LogP contribution in [0.25, 0.3) is 0 Å². The zero-order valence-corrected chi connectivity index (χ0v) is 15.6. The van der Waals surface area contributed by atoms with Crippen molar-refractivity contribution < 1.29 is 22.0 Å².